The Balaban J connectivity index is 1.55. The van der Waals surface area contributed by atoms with Crippen molar-refractivity contribution in [3.63, 3.8) is 0 Å². The highest BCUT2D eigenvalue weighted by Gasteiger charge is 2.41. The molecule has 6 nitrogen and oxygen atoms in total. The Labute approximate surface area is 229 Å². The van der Waals surface area contributed by atoms with Crippen molar-refractivity contribution in [1.29, 1.82) is 0 Å². The number of hydrogen-bond donors (Lipinski definition) is 2. The molecule has 200 valence electrons. The lowest BCUT2D eigenvalue weighted by Gasteiger charge is -2.37. The lowest BCUT2D eigenvalue weighted by Crippen LogP contribution is -2.37. The van der Waals surface area contributed by atoms with Crippen molar-refractivity contribution in [2.24, 2.45) is 0 Å². The van der Waals surface area contributed by atoms with E-state index in [0.29, 0.717) is 35.5 Å². The number of benzene rings is 3. The second kappa shape index (κ2) is 10.8. The molecule has 1 heterocycles. The number of ether oxygens (including phenoxy) is 2. The van der Waals surface area contributed by atoms with Gasteiger partial charge in [-0.05, 0) is 74.1 Å². The molecule has 0 bridgehead atoms. The molecule has 2 N–H and O–H groups in total. The van der Waals surface area contributed by atoms with Crippen molar-refractivity contribution in [1.82, 2.24) is 5.32 Å². The number of Topliss-reactive ketones (excluding diaryl/α,β-unsaturated/α-hetero) is 1. The van der Waals surface area contributed by atoms with E-state index in [2.05, 4.69) is 10.6 Å². The zero-order valence-electron chi connectivity index (χ0n) is 23.1. The van der Waals surface area contributed by atoms with Crippen LogP contribution in [-0.2, 0) is 9.59 Å². The summed E-state index contributed by atoms with van der Waals surface area (Å²) < 4.78 is 10.9. The molecule has 0 unspecified atom stereocenters. The van der Waals surface area contributed by atoms with E-state index in [-0.39, 0.29) is 17.6 Å². The fourth-order valence-electron chi connectivity index (χ4n) is 5.74. The van der Waals surface area contributed by atoms with Crippen molar-refractivity contribution in [3.05, 3.63) is 112 Å². The number of aryl methyl sites for hydroxylation is 2. The largest absolute Gasteiger partial charge is 0.493 e. The molecule has 3 aromatic rings. The molecule has 0 fully saturated rings. The monoisotopic (exact) mass is 522 g/mol. The second-order valence-corrected chi connectivity index (χ2v) is 10.3. The molecule has 1 amide bonds. The first kappa shape index (κ1) is 26.3. The van der Waals surface area contributed by atoms with Gasteiger partial charge < -0.3 is 20.1 Å². The van der Waals surface area contributed by atoms with Gasteiger partial charge in [0.25, 0.3) is 5.91 Å². The van der Waals surface area contributed by atoms with Gasteiger partial charge in [-0.3, -0.25) is 9.59 Å². The fraction of sp³-hybridized carbons (Fsp3) is 0.273. The summed E-state index contributed by atoms with van der Waals surface area (Å²) in [4.78, 5) is 27.7. The Morgan fingerprint density at radius 3 is 2.31 bits per heavy atom. The maximum atomic E-state index is 13.9. The fourth-order valence-corrected chi connectivity index (χ4v) is 5.74. The van der Waals surface area contributed by atoms with E-state index in [9.17, 15) is 9.59 Å². The standard InChI is InChI=1S/C33H34N2O4/c1-19-10-13-24(14-11-19)35-33(37)30-21(3)34-26-16-23(22-12-15-28(38-4)29(18-22)39-5)17-27(36)32(26)31(30)25-9-7-6-8-20(25)2/h6-15,18,23,31,34H,16-17H2,1-5H3,(H,35,37)/t23-,31-/m0/s1. The molecule has 0 spiro atoms. The third kappa shape index (κ3) is 5.07. The molecule has 5 rings (SSSR count). The minimum Gasteiger partial charge on any atom is -0.493 e. The molecule has 1 aliphatic heterocycles. The highest BCUT2D eigenvalue weighted by molar-refractivity contribution is 6.10. The topological polar surface area (TPSA) is 76.7 Å². The number of amides is 1. The highest BCUT2D eigenvalue weighted by Crippen LogP contribution is 2.47. The number of hydrogen-bond acceptors (Lipinski definition) is 5. The van der Waals surface area contributed by atoms with Gasteiger partial charge in [0.1, 0.15) is 0 Å². The van der Waals surface area contributed by atoms with E-state index in [1.54, 1.807) is 14.2 Å². The van der Waals surface area contributed by atoms with Crippen LogP contribution in [0.4, 0.5) is 5.69 Å². The van der Waals surface area contributed by atoms with E-state index in [4.69, 9.17) is 9.47 Å². The summed E-state index contributed by atoms with van der Waals surface area (Å²) in [7, 11) is 3.22. The summed E-state index contributed by atoms with van der Waals surface area (Å²) in [5.74, 6) is 0.663. The smallest absolute Gasteiger partial charge is 0.254 e. The number of rotatable bonds is 6. The van der Waals surface area contributed by atoms with Gasteiger partial charge in [-0.15, -0.1) is 0 Å². The molecule has 1 aliphatic carbocycles. The zero-order valence-corrected chi connectivity index (χ0v) is 23.1. The van der Waals surface area contributed by atoms with Crippen LogP contribution < -0.4 is 20.1 Å². The molecule has 3 aromatic carbocycles. The molecule has 6 heteroatoms. The van der Waals surface area contributed by atoms with Crippen molar-refractivity contribution in [3.8, 4) is 11.5 Å². The first-order valence-electron chi connectivity index (χ1n) is 13.2. The minimum absolute atomic E-state index is 0.0168. The van der Waals surface area contributed by atoms with E-state index in [0.717, 1.165) is 39.3 Å². The Kier molecular flexibility index (Phi) is 7.29. The Morgan fingerprint density at radius 1 is 0.897 bits per heavy atom. The SMILES string of the molecule is COc1ccc([C@@H]2CC(=O)C3=C(C2)NC(C)=C(C(=O)Nc2ccc(C)cc2)[C@@H]3c2ccccc2C)cc1OC. The van der Waals surface area contributed by atoms with E-state index >= 15 is 0 Å². The predicted octanol–water partition coefficient (Wildman–Crippen LogP) is 6.32. The van der Waals surface area contributed by atoms with Crippen molar-refractivity contribution in [2.45, 2.75) is 45.4 Å². The molecule has 0 saturated carbocycles. The van der Waals surface area contributed by atoms with Crippen LogP contribution in [0.1, 0.15) is 53.9 Å². The normalized spacial score (nSPS) is 18.8. The van der Waals surface area contributed by atoms with Crippen LogP contribution >= 0.6 is 0 Å². The number of carbonyl (C=O) groups excluding carboxylic acids is 2. The van der Waals surface area contributed by atoms with Crippen LogP contribution in [0.15, 0.2) is 89.3 Å². The summed E-state index contributed by atoms with van der Waals surface area (Å²) in [6.07, 6.45) is 1.01. The number of carbonyl (C=O) groups is 2. The summed E-state index contributed by atoms with van der Waals surface area (Å²) in [6, 6.07) is 21.6. The van der Waals surface area contributed by atoms with Crippen LogP contribution in [0.25, 0.3) is 0 Å². The third-order valence-electron chi connectivity index (χ3n) is 7.76. The van der Waals surface area contributed by atoms with Gasteiger partial charge in [-0.2, -0.15) is 0 Å². The number of dihydropyridines is 1. The van der Waals surface area contributed by atoms with Gasteiger partial charge >= 0.3 is 0 Å². The summed E-state index contributed by atoms with van der Waals surface area (Å²) >= 11 is 0. The first-order chi connectivity index (χ1) is 18.8. The van der Waals surface area contributed by atoms with Crippen LogP contribution in [0.2, 0.25) is 0 Å². The molecule has 39 heavy (non-hydrogen) atoms. The molecule has 2 atom stereocenters. The average molecular weight is 523 g/mol. The number of anilines is 1. The molecule has 2 aliphatic rings. The Morgan fingerprint density at radius 2 is 1.62 bits per heavy atom. The van der Waals surface area contributed by atoms with Gasteiger partial charge in [0.05, 0.1) is 14.2 Å². The number of ketones is 1. The van der Waals surface area contributed by atoms with Crippen LogP contribution in [0.3, 0.4) is 0 Å². The van der Waals surface area contributed by atoms with Crippen molar-refractivity contribution >= 4 is 17.4 Å². The average Bonchev–Trinajstić information content (AvgIpc) is 2.93. The summed E-state index contributed by atoms with van der Waals surface area (Å²) in [5, 5.41) is 6.53. The maximum absolute atomic E-state index is 13.9. The summed E-state index contributed by atoms with van der Waals surface area (Å²) in [6.45, 7) is 5.96. The molecular formula is C33H34N2O4. The second-order valence-electron chi connectivity index (χ2n) is 10.3. The van der Waals surface area contributed by atoms with Crippen LogP contribution in [-0.4, -0.2) is 25.9 Å². The van der Waals surface area contributed by atoms with Gasteiger partial charge in [-0.1, -0.05) is 48.0 Å². The Bertz CT molecular complexity index is 1500. The summed E-state index contributed by atoms with van der Waals surface area (Å²) in [5.41, 5.74) is 7.76. The molecular weight excluding hydrogens is 488 g/mol. The first-order valence-corrected chi connectivity index (χ1v) is 13.2. The Hall–Kier alpha value is -4.32. The molecule has 0 radical (unpaired) electrons. The minimum atomic E-state index is -0.452. The van der Waals surface area contributed by atoms with E-state index in [1.165, 1.54) is 0 Å². The van der Waals surface area contributed by atoms with Crippen LogP contribution in [0.5, 0.6) is 11.5 Å². The van der Waals surface area contributed by atoms with Gasteiger partial charge in [-0.25, -0.2) is 0 Å². The number of allylic oxidation sites excluding steroid dienone is 3. The number of nitrogens with one attached hydrogen (secondary N) is 2. The highest BCUT2D eigenvalue weighted by atomic mass is 16.5. The quantitative estimate of drug-likeness (QED) is 0.396. The maximum Gasteiger partial charge on any atom is 0.254 e. The lowest BCUT2D eigenvalue weighted by atomic mass is 9.71. The van der Waals surface area contributed by atoms with Crippen LogP contribution in [0, 0.1) is 13.8 Å². The molecule has 0 saturated heterocycles. The zero-order chi connectivity index (χ0) is 27.7. The third-order valence-corrected chi connectivity index (χ3v) is 7.76. The number of methoxy groups -OCH3 is 2. The van der Waals surface area contributed by atoms with Crippen molar-refractivity contribution < 1.29 is 19.1 Å². The van der Waals surface area contributed by atoms with Crippen molar-refractivity contribution in [2.75, 3.05) is 19.5 Å². The van der Waals surface area contributed by atoms with Gasteiger partial charge in [0.2, 0.25) is 0 Å². The van der Waals surface area contributed by atoms with Gasteiger partial charge in [0, 0.05) is 40.6 Å². The van der Waals surface area contributed by atoms with E-state index in [1.807, 2.05) is 87.5 Å². The lowest BCUT2D eigenvalue weighted by molar-refractivity contribution is -0.116. The predicted molar refractivity (Wildman–Crippen MR) is 153 cm³/mol. The van der Waals surface area contributed by atoms with Gasteiger partial charge in [0.15, 0.2) is 17.3 Å². The van der Waals surface area contributed by atoms with E-state index < -0.39 is 5.92 Å². The molecule has 0 aromatic heterocycles.